The highest BCUT2D eigenvalue weighted by molar-refractivity contribution is 7.89. The summed E-state index contributed by atoms with van der Waals surface area (Å²) in [6.07, 6.45) is -0.723. The molecule has 45 heavy (non-hydrogen) atoms. The average Bonchev–Trinajstić information content (AvgIpc) is 3.05. The van der Waals surface area contributed by atoms with Crippen molar-refractivity contribution in [2.45, 2.75) is 30.9 Å². The number of para-hydroxylation sites is 1. The Kier molecular flexibility index (Phi) is 9.42. The van der Waals surface area contributed by atoms with Crippen LogP contribution in [0.2, 0.25) is 0 Å². The molecule has 0 aromatic heterocycles. The molecule has 0 spiro atoms. The molecule has 1 heterocycles. The number of carbonyl (C=O) groups excluding carboxylic acids is 2. The summed E-state index contributed by atoms with van der Waals surface area (Å²) in [6, 6.07) is 23.5. The number of nitrogens with one attached hydrogen (secondary N) is 1. The van der Waals surface area contributed by atoms with Gasteiger partial charge in [-0.25, -0.2) is 8.42 Å². The maximum Gasteiger partial charge on any atom is 0.258 e. The molecular formula is C34H37N3O7S. The number of ether oxygens (including phenoxy) is 2. The van der Waals surface area contributed by atoms with Gasteiger partial charge in [0.2, 0.25) is 10.0 Å². The number of likely N-dealkylation sites (N-methyl/N-ethyl adjacent to an activating group) is 1. The van der Waals surface area contributed by atoms with E-state index in [1.165, 1.54) is 30.6 Å². The molecule has 0 saturated carbocycles. The number of rotatable bonds is 9. The Morgan fingerprint density at radius 3 is 2.47 bits per heavy atom. The van der Waals surface area contributed by atoms with Crippen molar-refractivity contribution in [3.05, 3.63) is 96.1 Å². The number of amides is 2. The lowest BCUT2D eigenvalue weighted by atomic mass is 9.99. The average molecular weight is 632 g/mol. The number of hydrogen-bond acceptors (Lipinski definition) is 7. The second-order valence-electron chi connectivity index (χ2n) is 11.2. The maximum absolute atomic E-state index is 13.8. The molecule has 0 fully saturated rings. The zero-order valence-electron chi connectivity index (χ0n) is 25.6. The Morgan fingerprint density at radius 2 is 1.76 bits per heavy atom. The molecule has 0 aliphatic carbocycles. The number of benzene rings is 4. The number of hydrogen-bond donors (Lipinski definition) is 2. The van der Waals surface area contributed by atoms with Crippen LogP contribution in [0.4, 0.5) is 5.69 Å². The van der Waals surface area contributed by atoms with Crippen molar-refractivity contribution in [3.63, 3.8) is 0 Å². The highest BCUT2D eigenvalue weighted by atomic mass is 32.2. The number of sulfonamides is 1. The van der Waals surface area contributed by atoms with E-state index in [0.29, 0.717) is 11.3 Å². The fourth-order valence-electron chi connectivity index (χ4n) is 5.45. The summed E-state index contributed by atoms with van der Waals surface area (Å²) in [7, 11) is -0.929. The van der Waals surface area contributed by atoms with Crippen LogP contribution in [0.15, 0.2) is 89.8 Å². The van der Waals surface area contributed by atoms with Gasteiger partial charge in [-0.05, 0) is 60.2 Å². The Balaban J connectivity index is 1.52. The quantitative estimate of drug-likeness (QED) is 0.276. The SMILES string of the molecule is COc1ccc(S(=O)(=O)N(C)C[C@@H]2Oc3c(NC(=O)c4cccc5ccccc45)cccc3C(=O)N([C@@H](C)CO)C[C@H]2C)cc1. The van der Waals surface area contributed by atoms with Crippen LogP contribution >= 0.6 is 0 Å². The molecule has 0 unspecified atom stereocenters. The molecule has 0 saturated heterocycles. The van der Waals surface area contributed by atoms with Gasteiger partial charge >= 0.3 is 0 Å². The minimum absolute atomic E-state index is 0.0455. The molecule has 1 aliphatic heterocycles. The van der Waals surface area contributed by atoms with Crippen LogP contribution in [-0.2, 0) is 10.0 Å². The van der Waals surface area contributed by atoms with Crippen LogP contribution in [0.1, 0.15) is 34.6 Å². The van der Waals surface area contributed by atoms with Crippen LogP contribution in [-0.4, -0.2) is 80.5 Å². The molecule has 4 aromatic carbocycles. The minimum Gasteiger partial charge on any atom is -0.497 e. The summed E-state index contributed by atoms with van der Waals surface area (Å²) in [5, 5.41) is 14.6. The van der Waals surface area contributed by atoms with E-state index in [2.05, 4.69) is 5.32 Å². The van der Waals surface area contributed by atoms with Crippen LogP contribution < -0.4 is 14.8 Å². The van der Waals surface area contributed by atoms with E-state index >= 15 is 0 Å². The van der Waals surface area contributed by atoms with Crippen molar-refractivity contribution >= 4 is 38.3 Å². The molecule has 10 nitrogen and oxygen atoms in total. The first-order chi connectivity index (χ1) is 21.5. The normalized spacial score (nSPS) is 17.6. The smallest absolute Gasteiger partial charge is 0.258 e. The second-order valence-corrected chi connectivity index (χ2v) is 13.3. The Morgan fingerprint density at radius 1 is 1.07 bits per heavy atom. The van der Waals surface area contributed by atoms with Gasteiger partial charge in [0, 0.05) is 25.1 Å². The molecule has 3 atom stereocenters. The predicted molar refractivity (Wildman–Crippen MR) is 172 cm³/mol. The summed E-state index contributed by atoms with van der Waals surface area (Å²) >= 11 is 0. The fourth-order valence-corrected chi connectivity index (χ4v) is 6.64. The number of anilines is 1. The number of aliphatic hydroxyl groups is 1. The minimum atomic E-state index is -3.91. The Bertz CT molecular complexity index is 1810. The van der Waals surface area contributed by atoms with E-state index in [0.717, 1.165) is 10.8 Å². The zero-order chi connectivity index (χ0) is 32.3. The molecule has 5 rings (SSSR count). The van der Waals surface area contributed by atoms with Gasteiger partial charge in [-0.1, -0.05) is 49.4 Å². The number of carbonyl (C=O) groups is 2. The van der Waals surface area contributed by atoms with E-state index in [9.17, 15) is 23.1 Å². The number of fused-ring (bicyclic) bond motifs is 2. The summed E-state index contributed by atoms with van der Waals surface area (Å²) < 4.78 is 40.0. The first kappa shape index (κ1) is 32.0. The van der Waals surface area contributed by atoms with Crippen LogP contribution in [0.3, 0.4) is 0 Å². The van der Waals surface area contributed by atoms with Crippen LogP contribution in [0.5, 0.6) is 11.5 Å². The molecule has 11 heteroatoms. The van der Waals surface area contributed by atoms with E-state index in [1.807, 2.05) is 37.3 Å². The Hall–Kier alpha value is -4.45. The van der Waals surface area contributed by atoms with Gasteiger partial charge in [-0.3, -0.25) is 9.59 Å². The van der Waals surface area contributed by atoms with Crippen molar-refractivity contribution in [2.24, 2.45) is 5.92 Å². The van der Waals surface area contributed by atoms with E-state index < -0.39 is 22.2 Å². The van der Waals surface area contributed by atoms with Gasteiger partial charge < -0.3 is 24.8 Å². The van der Waals surface area contributed by atoms with Crippen molar-refractivity contribution in [1.29, 1.82) is 0 Å². The third kappa shape index (κ3) is 6.51. The van der Waals surface area contributed by atoms with Gasteiger partial charge in [0.05, 0.1) is 42.4 Å². The molecule has 236 valence electrons. The summed E-state index contributed by atoms with van der Waals surface area (Å²) in [5.41, 5.74) is 0.923. The molecule has 4 aromatic rings. The topological polar surface area (TPSA) is 125 Å². The van der Waals surface area contributed by atoms with E-state index in [1.54, 1.807) is 54.3 Å². The largest absolute Gasteiger partial charge is 0.497 e. The van der Waals surface area contributed by atoms with Gasteiger partial charge in [0.25, 0.3) is 11.8 Å². The summed E-state index contributed by atoms with van der Waals surface area (Å²) in [6.45, 7) is 3.52. The zero-order valence-corrected chi connectivity index (χ0v) is 26.5. The van der Waals surface area contributed by atoms with Crippen LogP contribution in [0, 0.1) is 5.92 Å². The Labute approximate surface area is 263 Å². The first-order valence-electron chi connectivity index (χ1n) is 14.7. The van der Waals surface area contributed by atoms with E-state index in [-0.39, 0.29) is 59.3 Å². The number of methoxy groups -OCH3 is 1. The van der Waals surface area contributed by atoms with Gasteiger partial charge in [0.15, 0.2) is 5.75 Å². The first-order valence-corrected chi connectivity index (χ1v) is 16.1. The standard InChI is InChI=1S/C34H37N3O7S/c1-22-19-37(23(2)21-38)34(40)29-13-8-14-30(35-33(39)28-12-7-10-24-9-5-6-11-27(24)28)32(29)44-31(22)20-36(3)45(41,42)26-17-15-25(43-4)16-18-26/h5-18,22-23,31,38H,19-21H2,1-4H3,(H,35,39)/t22-,23+,31+/m1/s1. The monoisotopic (exact) mass is 631 g/mol. The highest BCUT2D eigenvalue weighted by Crippen LogP contribution is 2.36. The number of aliphatic hydroxyl groups excluding tert-OH is 1. The molecule has 2 amide bonds. The third-order valence-electron chi connectivity index (χ3n) is 8.18. The lowest BCUT2D eigenvalue weighted by Crippen LogP contribution is -2.50. The molecule has 0 bridgehead atoms. The molecular weight excluding hydrogens is 594 g/mol. The number of nitrogens with zero attached hydrogens (tertiary/aromatic N) is 2. The van der Waals surface area contributed by atoms with Crippen molar-refractivity contribution < 1.29 is 32.6 Å². The highest BCUT2D eigenvalue weighted by Gasteiger charge is 2.36. The summed E-state index contributed by atoms with van der Waals surface area (Å²) in [4.78, 5) is 29.1. The van der Waals surface area contributed by atoms with Gasteiger partial charge in [0.1, 0.15) is 11.9 Å². The van der Waals surface area contributed by atoms with Crippen molar-refractivity contribution in [3.8, 4) is 11.5 Å². The van der Waals surface area contributed by atoms with Gasteiger partial charge in [-0.15, -0.1) is 0 Å². The third-order valence-corrected chi connectivity index (χ3v) is 10.0. The molecule has 0 radical (unpaired) electrons. The predicted octanol–water partition coefficient (Wildman–Crippen LogP) is 4.64. The molecule has 2 N–H and O–H groups in total. The van der Waals surface area contributed by atoms with Crippen molar-refractivity contribution in [1.82, 2.24) is 9.21 Å². The molecule has 1 aliphatic rings. The lowest BCUT2D eigenvalue weighted by Gasteiger charge is -2.38. The van der Waals surface area contributed by atoms with Crippen molar-refractivity contribution in [2.75, 3.05) is 39.2 Å². The van der Waals surface area contributed by atoms with E-state index in [4.69, 9.17) is 9.47 Å². The summed E-state index contributed by atoms with van der Waals surface area (Å²) in [5.74, 6) is -0.435. The second kappa shape index (κ2) is 13.3. The maximum atomic E-state index is 13.8. The lowest BCUT2D eigenvalue weighted by molar-refractivity contribution is 0.0388. The van der Waals surface area contributed by atoms with Gasteiger partial charge in [-0.2, -0.15) is 4.31 Å². The van der Waals surface area contributed by atoms with Crippen LogP contribution in [0.25, 0.3) is 10.8 Å². The fraction of sp³-hybridized carbons (Fsp3) is 0.294.